The third-order valence-corrected chi connectivity index (χ3v) is 9.68. The summed E-state index contributed by atoms with van der Waals surface area (Å²) in [5, 5.41) is 114. The largest absolute Gasteiger partial charge is 0.507 e. The van der Waals surface area contributed by atoms with Crippen LogP contribution in [0.4, 0.5) is 0 Å². The third kappa shape index (κ3) is 7.86. The molecule has 2 saturated heterocycles. The lowest BCUT2D eigenvalue weighted by atomic mass is 9.80. The van der Waals surface area contributed by atoms with E-state index in [1.54, 1.807) is 24.3 Å². The first-order valence-corrected chi connectivity index (χ1v) is 16.7. The van der Waals surface area contributed by atoms with Crippen LogP contribution < -0.4 is 14.9 Å². The Balaban J connectivity index is 1.30. The summed E-state index contributed by atoms with van der Waals surface area (Å²) in [5.41, 5.74) is -0.163. The summed E-state index contributed by atoms with van der Waals surface area (Å²) in [5.74, 6) is -1.00. The van der Waals surface area contributed by atoms with Gasteiger partial charge in [-0.25, -0.2) is 0 Å². The Hall–Kier alpha value is -3.51. The van der Waals surface area contributed by atoms with Crippen LogP contribution in [0.1, 0.15) is 6.42 Å². The number of phenolic OH excluding ortho intramolecular Hbond substituents is 1. The fourth-order valence-corrected chi connectivity index (χ4v) is 6.62. The minimum Gasteiger partial charge on any atom is -0.507 e. The quantitative estimate of drug-likeness (QED) is 0.0962. The second kappa shape index (κ2) is 16.1. The number of hydrogen-bond acceptors (Lipinski definition) is 19. The van der Waals surface area contributed by atoms with Crippen molar-refractivity contribution >= 4 is 11.0 Å². The molecule has 292 valence electrons. The average molecular weight is 755 g/mol. The second-order valence-electron chi connectivity index (χ2n) is 13.2. The maximum atomic E-state index is 13.1. The Morgan fingerprint density at radius 1 is 0.755 bits per heavy atom. The van der Waals surface area contributed by atoms with Gasteiger partial charge in [-0.05, 0) is 30.7 Å². The highest BCUT2D eigenvalue weighted by atomic mass is 16.8. The van der Waals surface area contributed by atoms with Gasteiger partial charge in [0, 0.05) is 29.7 Å². The molecule has 6 rings (SSSR count). The van der Waals surface area contributed by atoms with Gasteiger partial charge in [-0.2, -0.15) is 0 Å². The summed E-state index contributed by atoms with van der Waals surface area (Å²) >= 11 is 0. The van der Waals surface area contributed by atoms with Crippen molar-refractivity contribution in [2.45, 2.75) is 92.4 Å². The van der Waals surface area contributed by atoms with Crippen LogP contribution in [0.5, 0.6) is 17.2 Å². The molecule has 2 aromatic carbocycles. The molecular weight excluding hydrogens is 712 g/mol. The van der Waals surface area contributed by atoms with Crippen molar-refractivity contribution in [1.82, 2.24) is 0 Å². The number of aliphatic hydroxyl groups excluding tert-OH is 10. The van der Waals surface area contributed by atoms with Gasteiger partial charge in [0.2, 0.25) is 0 Å². The summed E-state index contributed by atoms with van der Waals surface area (Å²) in [6.45, 7) is -1.19. The summed E-state index contributed by atoms with van der Waals surface area (Å²) in [7, 11) is 1.49. The first kappa shape index (κ1) is 39.2. The molecule has 0 bridgehead atoms. The zero-order valence-electron chi connectivity index (χ0n) is 28.0. The topological polar surface area (TPSA) is 308 Å². The van der Waals surface area contributed by atoms with E-state index in [4.69, 9.17) is 32.8 Å². The fraction of sp³-hybridized carbons (Fsp3) is 0.559. The average Bonchev–Trinajstić information content (AvgIpc) is 3.14. The van der Waals surface area contributed by atoms with Gasteiger partial charge in [0.1, 0.15) is 95.0 Å². The zero-order valence-corrected chi connectivity index (χ0v) is 28.0. The number of hydrogen-bond donors (Lipinski definition) is 11. The van der Waals surface area contributed by atoms with Gasteiger partial charge in [-0.3, -0.25) is 4.79 Å². The van der Waals surface area contributed by atoms with E-state index < -0.39 is 116 Å². The minimum absolute atomic E-state index is 0.0963. The molecule has 19 nitrogen and oxygen atoms in total. The van der Waals surface area contributed by atoms with Crippen molar-refractivity contribution in [2.24, 2.45) is 5.92 Å². The molecule has 15 unspecified atom stereocenters. The standard InChI is InChI=1S/C34H42O19/c1-47-14-4-2-12(3-5-14)18-9-17(37)22-16(36)7-15(8-19(22)50-18)49-20-6-13(11-48-33-29(44)25(40)24(39)21(10-35)51-33)23(38)27(42)31(20)52-34-30(45)26(41)28(43)32(46)53-34/h2-5,7-9,13,20-21,23-36,38-46H,6,10-11H2,1H3. The van der Waals surface area contributed by atoms with E-state index >= 15 is 0 Å². The van der Waals surface area contributed by atoms with Crippen molar-refractivity contribution in [1.29, 1.82) is 0 Å². The van der Waals surface area contributed by atoms with Gasteiger partial charge in [-0.15, -0.1) is 0 Å². The van der Waals surface area contributed by atoms with Crippen molar-refractivity contribution in [3.8, 4) is 28.6 Å². The lowest BCUT2D eigenvalue weighted by Crippen LogP contribution is -2.63. The van der Waals surface area contributed by atoms with Crippen molar-refractivity contribution in [3.05, 3.63) is 52.7 Å². The highest BCUT2D eigenvalue weighted by Crippen LogP contribution is 2.37. The minimum atomic E-state index is -2.01. The maximum absolute atomic E-state index is 13.1. The van der Waals surface area contributed by atoms with Gasteiger partial charge in [0.15, 0.2) is 24.3 Å². The highest BCUT2D eigenvalue weighted by molar-refractivity contribution is 5.86. The van der Waals surface area contributed by atoms with Crippen LogP contribution in [0.2, 0.25) is 0 Å². The summed E-state index contributed by atoms with van der Waals surface area (Å²) in [6, 6.07) is 10.2. The number of fused-ring (bicyclic) bond motifs is 1. The van der Waals surface area contributed by atoms with E-state index in [0.29, 0.717) is 11.3 Å². The lowest BCUT2D eigenvalue weighted by molar-refractivity contribution is -0.361. The number of aliphatic hydroxyl groups is 10. The van der Waals surface area contributed by atoms with E-state index in [9.17, 15) is 61.0 Å². The third-order valence-electron chi connectivity index (χ3n) is 9.68. The lowest BCUT2D eigenvalue weighted by Gasteiger charge is -2.46. The number of phenols is 1. The molecule has 3 fully saturated rings. The normalized spacial score (nSPS) is 37.8. The molecular formula is C34H42O19. The van der Waals surface area contributed by atoms with E-state index in [2.05, 4.69) is 0 Å². The van der Waals surface area contributed by atoms with Crippen molar-refractivity contribution in [3.63, 3.8) is 0 Å². The molecule has 1 aromatic heterocycles. The summed E-state index contributed by atoms with van der Waals surface area (Å²) < 4.78 is 39.2. The first-order chi connectivity index (χ1) is 25.2. The van der Waals surface area contributed by atoms with Gasteiger partial charge >= 0.3 is 0 Å². The molecule has 0 amide bonds. The van der Waals surface area contributed by atoms with Gasteiger partial charge < -0.3 is 89.0 Å². The Bertz CT molecular complexity index is 1750. The summed E-state index contributed by atoms with van der Waals surface area (Å²) in [6.07, 6.45) is -24.4. The number of benzene rings is 2. The number of ether oxygens (including phenoxy) is 6. The Kier molecular flexibility index (Phi) is 11.9. The van der Waals surface area contributed by atoms with Crippen LogP contribution >= 0.6 is 0 Å². The summed E-state index contributed by atoms with van der Waals surface area (Å²) in [4.78, 5) is 13.1. The molecule has 1 saturated carbocycles. The van der Waals surface area contributed by atoms with Gasteiger partial charge in [0.05, 0.1) is 26.4 Å². The van der Waals surface area contributed by atoms with Crippen LogP contribution in [0.25, 0.3) is 22.3 Å². The van der Waals surface area contributed by atoms with E-state index in [1.165, 1.54) is 19.2 Å². The number of aromatic hydroxyl groups is 1. The van der Waals surface area contributed by atoms with Crippen LogP contribution in [-0.4, -0.2) is 163 Å². The molecule has 19 heteroatoms. The molecule has 0 radical (unpaired) electrons. The van der Waals surface area contributed by atoms with Gasteiger partial charge in [0.25, 0.3) is 0 Å². The maximum Gasteiger partial charge on any atom is 0.197 e. The van der Waals surface area contributed by atoms with E-state index in [0.717, 1.165) is 6.07 Å². The SMILES string of the molecule is COc1ccc(-c2cc(=O)c3c(O)cc(OC4CC(COC5OC(CO)C(O)C(O)C5O)C(O)C(O)C4OC4OC(O)C(O)C(O)C4O)cc3o2)cc1. The fourth-order valence-electron chi connectivity index (χ4n) is 6.62. The van der Waals surface area contributed by atoms with E-state index in [1.807, 2.05) is 0 Å². The molecule has 3 aliphatic rings. The molecule has 11 N–H and O–H groups in total. The second-order valence-corrected chi connectivity index (χ2v) is 13.2. The number of rotatable bonds is 10. The highest BCUT2D eigenvalue weighted by Gasteiger charge is 2.51. The number of methoxy groups -OCH3 is 1. The predicted molar refractivity (Wildman–Crippen MR) is 174 cm³/mol. The Morgan fingerprint density at radius 3 is 2.11 bits per heavy atom. The van der Waals surface area contributed by atoms with Crippen LogP contribution in [0.15, 0.2) is 51.7 Å². The first-order valence-electron chi connectivity index (χ1n) is 16.7. The molecule has 1 aliphatic carbocycles. The zero-order chi connectivity index (χ0) is 38.3. The van der Waals surface area contributed by atoms with Crippen molar-refractivity contribution in [2.75, 3.05) is 20.3 Å². The smallest absolute Gasteiger partial charge is 0.197 e. The monoisotopic (exact) mass is 754 g/mol. The van der Waals surface area contributed by atoms with Crippen LogP contribution in [0, 0.1) is 5.92 Å². The van der Waals surface area contributed by atoms with Gasteiger partial charge in [-0.1, -0.05) is 0 Å². The molecule has 0 spiro atoms. The molecule has 53 heavy (non-hydrogen) atoms. The molecule has 15 atom stereocenters. The predicted octanol–water partition coefficient (Wildman–Crippen LogP) is -3.38. The Morgan fingerprint density at radius 2 is 1.43 bits per heavy atom. The van der Waals surface area contributed by atoms with E-state index in [-0.39, 0.29) is 28.9 Å². The Labute approximate surface area is 299 Å². The van der Waals surface area contributed by atoms with Crippen LogP contribution in [-0.2, 0) is 18.9 Å². The van der Waals surface area contributed by atoms with Crippen LogP contribution in [0.3, 0.4) is 0 Å². The molecule has 3 aromatic rings. The molecule has 2 aliphatic heterocycles. The molecule has 3 heterocycles. The van der Waals surface area contributed by atoms with Crippen molar-refractivity contribution < 1.29 is 89.0 Å².